The minimum atomic E-state index is 0.268. The summed E-state index contributed by atoms with van der Waals surface area (Å²) < 4.78 is 0. The molecule has 0 spiro atoms. The van der Waals surface area contributed by atoms with Gasteiger partial charge in [-0.1, -0.05) is 27.2 Å². The second-order valence-electron chi connectivity index (χ2n) is 5.44. The Kier molecular flexibility index (Phi) is 4.25. The lowest BCUT2D eigenvalue weighted by atomic mass is 9.86. The predicted octanol–water partition coefficient (Wildman–Crippen LogP) is 3.20. The van der Waals surface area contributed by atoms with E-state index in [9.17, 15) is 0 Å². The summed E-state index contributed by atoms with van der Waals surface area (Å²) in [4.78, 5) is 0. The molecule has 0 aromatic carbocycles. The first-order valence-electron chi connectivity index (χ1n) is 5.02. The van der Waals surface area contributed by atoms with Crippen molar-refractivity contribution in [2.24, 2.45) is 5.41 Å². The predicted molar refractivity (Wildman–Crippen MR) is 56.4 cm³/mol. The number of rotatable bonds is 4. The molecule has 0 heterocycles. The molecule has 0 radical (unpaired) electrons. The highest BCUT2D eigenvalue weighted by molar-refractivity contribution is 4.73. The van der Waals surface area contributed by atoms with Crippen molar-refractivity contribution in [1.82, 2.24) is 5.32 Å². The molecular formula is C11H25N. The molecule has 1 nitrogen and oxygen atoms in total. The quantitative estimate of drug-likeness (QED) is 0.685. The maximum Gasteiger partial charge on any atom is 0.00965 e. The maximum absolute atomic E-state index is 3.51. The first kappa shape index (κ1) is 12.0. The van der Waals surface area contributed by atoms with E-state index >= 15 is 0 Å². The van der Waals surface area contributed by atoms with E-state index in [-0.39, 0.29) is 5.54 Å². The summed E-state index contributed by atoms with van der Waals surface area (Å²) in [6, 6.07) is 0. The highest BCUT2D eigenvalue weighted by Gasteiger charge is 2.16. The van der Waals surface area contributed by atoms with E-state index in [1.807, 2.05) is 0 Å². The SMILES string of the molecule is CCC(C)(C)CCNC(C)(C)C. The summed E-state index contributed by atoms with van der Waals surface area (Å²) in [6.45, 7) is 14.7. The third-order valence-corrected chi connectivity index (χ3v) is 2.41. The Morgan fingerprint density at radius 1 is 1.00 bits per heavy atom. The van der Waals surface area contributed by atoms with Gasteiger partial charge in [-0.05, 0) is 39.2 Å². The van der Waals surface area contributed by atoms with Gasteiger partial charge in [0.15, 0.2) is 0 Å². The summed E-state index contributed by atoms with van der Waals surface area (Å²) >= 11 is 0. The summed E-state index contributed by atoms with van der Waals surface area (Å²) in [5, 5.41) is 3.51. The molecule has 0 aliphatic heterocycles. The molecule has 0 unspecified atom stereocenters. The zero-order valence-electron chi connectivity index (χ0n) is 9.62. The molecule has 0 aliphatic carbocycles. The van der Waals surface area contributed by atoms with E-state index in [1.165, 1.54) is 12.8 Å². The van der Waals surface area contributed by atoms with Crippen molar-refractivity contribution in [1.29, 1.82) is 0 Å². The Morgan fingerprint density at radius 2 is 1.50 bits per heavy atom. The monoisotopic (exact) mass is 171 g/mol. The largest absolute Gasteiger partial charge is 0.312 e. The van der Waals surface area contributed by atoms with Gasteiger partial charge in [-0.15, -0.1) is 0 Å². The fraction of sp³-hybridized carbons (Fsp3) is 1.00. The molecule has 0 aromatic rings. The van der Waals surface area contributed by atoms with Crippen molar-refractivity contribution in [3.05, 3.63) is 0 Å². The standard InChI is InChI=1S/C11H25N/c1-7-11(5,6)8-9-12-10(2,3)4/h12H,7-9H2,1-6H3. The first-order valence-corrected chi connectivity index (χ1v) is 5.02. The average molecular weight is 171 g/mol. The van der Waals surface area contributed by atoms with Crippen molar-refractivity contribution in [3.8, 4) is 0 Å². The minimum absolute atomic E-state index is 0.268. The maximum atomic E-state index is 3.51. The van der Waals surface area contributed by atoms with E-state index in [4.69, 9.17) is 0 Å². The van der Waals surface area contributed by atoms with E-state index < -0.39 is 0 Å². The molecule has 0 fully saturated rings. The van der Waals surface area contributed by atoms with Gasteiger partial charge in [0.25, 0.3) is 0 Å². The summed E-state index contributed by atoms with van der Waals surface area (Å²) in [7, 11) is 0. The second kappa shape index (κ2) is 4.27. The van der Waals surface area contributed by atoms with Gasteiger partial charge in [0, 0.05) is 5.54 Å². The number of nitrogens with one attached hydrogen (secondary N) is 1. The van der Waals surface area contributed by atoms with Gasteiger partial charge >= 0.3 is 0 Å². The Balaban J connectivity index is 3.57. The summed E-state index contributed by atoms with van der Waals surface area (Å²) in [5.74, 6) is 0. The lowest BCUT2D eigenvalue weighted by Gasteiger charge is -2.26. The Labute approximate surface area is 77.9 Å². The van der Waals surface area contributed by atoms with Crippen LogP contribution in [0.15, 0.2) is 0 Å². The molecule has 1 heteroatoms. The van der Waals surface area contributed by atoms with Crippen LogP contribution in [0, 0.1) is 5.41 Å². The summed E-state index contributed by atoms with van der Waals surface area (Å²) in [6.07, 6.45) is 2.53. The van der Waals surface area contributed by atoms with Gasteiger partial charge in [0.2, 0.25) is 0 Å². The van der Waals surface area contributed by atoms with E-state index in [0.717, 1.165) is 6.54 Å². The van der Waals surface area contributed by atoms with Crippen molar-refractivity contribution < 1.29 is 0 Å². The molecule has 0 bridgehead atoms. The molecule has 0 rings (SSSR count). The summed E-state index contributed by atoms with van der Waals surface area (Å²) in [5.41, 5.74) is 0.766. The highest BCUT2D eigenvalue weighted by Crippen LogP contribution is 2.23. The lowest BCUT2D eigenvalue weighted by molar-refractivity contribution is 0.295. The zero-order valence-corrected chi connectivity index (χ0v) is 9.62. The van der Waals surface area contributed by atoms with E-state index in [0.29, 0.717) is 5.41 Å². The molecular weight excluding hydrogens is 146 g/mol. The van der Waals surface area contributed by atoms with Crippen LogP contribution in [0.5, 0.6) is 0 Å². The van der Waals surface area contributed by atoms with Gasteiger partial charge in [-0.2, -0.15) is 0 Å². The molecule has 74 valence electrons. The molecule has 0 atom stereocenters. The lowest BCUT2D eigenvalue weighted by Crippen LogP contribution is -2.37. The first-order chi connectivity index (χ1) is 5.27. The fourth-order valence-corrected chi connectivity index (χ4v) is 0.953. The van der Waals surface area contributed by atoms with Crippen LogP contribution in [0.2, 0.25) is 0 Å². The number of hydrogen-bond donors (Lipinski definition) is 1. The van der Waals surface area contributed by atoms with Crippen molar-refractivity contribution in [2.45, 2.75) is 59.9 Å². The topological polar surface area (TPSA) is 12.0 Å². The smallest absolute Gasteiger partial charge is 0.00965 e. The van der Waals surface area contributed by atoms with Gasteiger partial charge in [0.1, 0.15) is 0 Å². The fourth-order valence-electron chi connectivity index (χ4n) is 0.953. The van der Waals surface area contributed by atoms with Crippen LogP contribution in [0.4, 0.5) is 0 Å². The van der Waals surface area contributed by atoms with Crippen LogP contribution >= 0.6 is 0 Å². The molecule has 0 saturated carbocycles. The molecule has 0 aromatic heterocycles. The minimum Gasteiger partial charge on any atom is -0.312 e. The van der Waals surface area contributed by atoms with Crippen molar-refractivity contribution in [2.75, 3.05) is 6.54 Å². The third kappa shape index (κ3) is 6.66. The van der Waals surface area contributed by atoms with Crippen LogP contribution in [0.3, 0.4) is 0 Å². The van der Waals surface area contributed by atoms with E-state index in [2.05, 4.69) is 46.9 Å². The van der Waals surface area contributed by atoms with Gasteiger partial charge in [-0.25, -0.2) is 0 Å². The Hall–Kier alpha value is -0.0400. The van der Waals surface area contributed by atoms with Gasteiger partial charge in [0.05, 0.1) is 0 Å². The Morgan fingerprint density at radius 3 is 1.83 bits per heavy atom. The molecule has 0 amide bonds. The zero-order chi connectivity index (χ0) is 9.83. The van der Waals surface area contributed by atoms with Crippen LogP contribution in [0.25, 0.3) is 0 Å². The van der Waals surface area contributed by atoms with E-state index in [1.54, 1.807) is 0 Å². The van der Waals surface area contributed by atoms with Crippen LogP contribution in [0.1, 0.15) is 54.4 Å². The molecule has 12 heavy (non-hydrogen) atoms. The highest BCUT2D eigenvalue weighted by atomic mass is 14.9. The molecule has 0 aliphatic rings. The third-order valence-electron chi connectivity index (χ3n) is 2.41. The molecule has 0 saturated heterocycles. The Bertz CT molecular complexity index is 119. The number of hydrogen-bond acceptors (Lipinski definition) is 1. The average Bonchev–Trinajstić information content (AvgIpc) is 1.84. The van der Waals surface area contributed by atoms with Crippen LogP contribution in [-0.2, 0) is 0 Å². The van der Waals surface area contributed by atoms with Crippen molar-refractivity contribution >= 4 is 0 Å². The molecule has 1 N–H and O–H groups in total. The van der Waals surface area contributed by atoms with Gasteiger partial charge < -0.3 is 5.32 Å². The normalized spacial score (nSPS) is 13.5. The van der Waals surface area contributed by atoms with Crippen LogP contribution in [-0.4, -0.2) is 12.1 Å². The second-order valence-corrected chi connectivity index (χ2v) is 5.44. The van der Waals surface area contributed by atoms with Crippen LogP contribution < -0.4 is 5.32 Å². The van der Waals surface area contributed by atoms with Gasteiger partial charge in [-0.3, -0.25) is 0 Å². The van der Waals surface area contributed by atoms with Crippen molar-refractivity contribution in [3.63, 3.8) is 0 Å².